The molecule has 0 heterocycles. The van der Waals surface area contributed by atoms with Gasteiger partial charge in [-0.25, -0.2) is 0 Å². The largest absolute Gasteiger partial charge is 0.396 e. The SMILES string of the molecule is C=CNC(=S)SCCO. The van der Waals surface area contributed by atoms with Gasteiger partial charge in [0.05, 0.1) is 6.61 Å². The van der Waals surface area contributed by atoms with Crippen LogP contribution in [0.15, 0.2) is 12.8 Å². The van der Waals surface area contributed by atoms with Crippen molar-refractivity contribution < 1.29 is 5.11 Å². The van der Waals surface area contributed by atoms with Crippen molar-refractivity contribution in [3.8, 4) is 0 Å². The highest BCUT2D eigenvalue weighted by Crippen LogP contribution is 1.99. The van der Waals surface area contributed by atoms with E-state index >= 15 is 0 Å². The first kappa shape index (κ1) is 8.94. The molecule has 0 radical (unpaired) electrons. The highest BCUT2D eigenvalue weighted by Gasteiger charge is 1.90. The molecule has 0 saturated carbocycles. The van der Waals surface area contributed by atoms with E-state index in [9.17, 15) is 0 Å². The Bertz CT molecular complexity index is 105. The third kappa shape index (κ3) is 5.82. The maximum absolute atomic E-state index is 8.35. The maximum Gasteiger partial charge on any atom is 0.137 e. The van der Waals surface area contributed by atoms with Crippen LogP contribution >= 0.6 is 24.0 Å². The summed E-state index contributed by atoms with van der Waals surface area (Å²) in [4.78, 5) is 0. The average molecular weight is 163 g/mol. The topological polar surface area (TPSA) is 32.3 Å². The molecule has 0 aromatic heterocycles. The Morgan fingerprint density at radius 3 is 3.00 bits per heavy atom. The lowest BCUT2D eigenvalue weighted by molar-refractivity contribution is 0.323. The molecule has 0 aromatic rings. The normalized spacial score (nSPS) is 8.56. The molecule has 0 amide bonds. The summed E-state index contributed by atoms with van der Waals surface area (Å²) in [5, 5.41) is 11.1. The zero-order valence-electron chi connectivity index (χ0n) is 4.96. The maximum atomic E-state index is 8.35. The third-order valence-electron chi connectivity index (χ3n) is 0.544. The van der Waals surface area contributed by atoms with Crippen molar-refractivity contribution in [3.63, 3.8) is 0 Å². The lowest BCUT2D eigenvalue weighted by atomic mass is 10.9. The number of hydrogen-bond acceptors (Lipinski definition) is 3. The zero-order valence-corrected chi connectivity index (χ0v) is 6.60. The van der Waals surface area contributed by atoms with Crippen LogP contribution in [-0.2, 0) is 0 Å². The molecular formula is C5H9NOS2. The lowest BCUT2D eigenvalue weighted by Crippen LogP contribution is -2.10. The number of thiocarbonyl (C=S) groups is 1. The number of thioether (sulfide) groups is 1. The van der Waals surface area contributed by atoms with Gasteiger partial charge >= 0.3 is 0 Å². The van der Waals surface area contributed by atoms with Gasteiger partial charge in [-0.15, -0.1) is 0 Å². The van der Waals surface area contributed by atoms with Crippen molar-refractivity contribution >= 4 is 28.3 Å². The molecule has 4 heteroatoms. The molecule has 2 nitrogen and oxygen atoms in total. The van der Waals surface area contributed by atoms with Crippen molar-refractivity contribution in [2.45, 2.75) is 0 Å². The van der Waals surface area contributed by atoms with Crippen molar-refractivity contribution in [1.82, 2.24) is 5.32 Å². The van der Waals surface area contributed by atoms with Crippen LogP contribution in [0.1, 0.15) is 0 Å². The van der Waals surface area contributed by atoms with E-state index in [4.69, 9.17) is 17.3 Å². The molecule has 0 fully saturated rings. The van der Waals surface area contributed by atoms with Gasteiger partial charge in [0, 0.05) is 5.75 Å². The fourth-order valence-corrected chi connectivity index (χ4v) is 1.04. The van der Waals surface area contributed by atoms with E-state index in [1.807, 2.05) is 0 Å². The predicted octanol–water partition coefficient (Wildman–Crippen LogP) is 0.730. The first-order valence-electron chi connectivity index (χ1n) is 2.46. The van der Waals surface area contributed by atoms with Gasteiger partial charge < -0.3 is 10.4 Å². The summed E-state index contributed by atoms with van der Waals surface area (Å²) in [6.07, 6.45) is 1.52. The summed E-state index contributed by atoms with van der Waals surface area (Å²) in [7, 11) is 0. The van der Waals surface area contributed by atoms with Gasteiger partial charge in [0.15, 0.2) is 0 Å². The second-order valence-corrected chi connectivity index (χ2v) is 2.98. The van der Waals surface area contributed by atoms with E-state index in [-0.39, 0.29) is 6.61 Å². The molecule has 0 aliphatic heterocycles. The Balaban J connectivity index is 3.16. The first-order chi connectivity index (χ1) is 4.31. The first-order valence-corrected chi connectivity index (χ1v) is 3.85. The van der Waals surface area contributed by atoms with Crippen LogP contribution in [0.4, 0.5) is 0 Å². The molecule has 0 atom stereocenters. The molecular weight excluding hydrogens is 154 g/mol. The van der Waals surface area contributed by atoms with Gasteiger partial charge in [0.2, 0.25) is 0 Å². The smallest absolute Gasteiger partial charge is 0.137 e. The Morgan fingerprint density at radius 1 is 1.89 bits per heavy atom. The number of aliphatic hydroxyl groups excluding tert-OH is 1. The Labute approximate surface area is 64.3 Å². The summed E-state index contributed by atoms with van der Waals surface area (Å²) < 4.78 is 0.652. The van der Waals surface area contributed by atoms with Crippen molar-refractivity contribution in [2.24, 2.45) is 0 Å². The number of aliphatic hydroxyl groups is 1. The number of hydrogen-bond donors (Lipinski definition) is 2. The van der Waals surface area contributed by atoms with Crippen LogP contribution in [0.3, 0.4) is 0 Å². The quantitative estimate of drug-likeness (QED) is 0.601. The molecule has 0 unspecified atom stereocenters. The van der Waals surface area contributed by atoms with Crippen molar-refractivity contribution in [1.29, 1.82) is 0 Å². The molecule has 0 aliphatic rings. The fourth-order valence-electron chi connectivity index (χ4n) is 0.263. The molecule has 2 N–H and O–H groups in total. The van der Waals surface area contributed by atoms with Crippen LogP contribution in [-0.4, -0.2) is 21.8 Å². The van der Waals surface area contributed by atoms with E-state index in [1.165, 1.54) is 18.0 Å². The highest BCUT2D eigenvalue weighted by atomic mass is 32.2. The zero-order chi connectivity index (χ0) is 7.11. The average Bonchev–Trinajstić information content (AvgIpc) is 1.85. The summed E-state index contributed by atoms with van der Waals surface area (Å²) in [5.41, 5.74) is 0. The molecule has 0 aliphatic carbocycles. The minimum atomic E-state index is 0.156. The van der Waals surface area contributed by atoms with Crippen molar-refractivity contribution in [3.05, 3.63) is 12.8 Å². The van der Waals surface area contributed by atoms with E-state index < -0.39 is 0 Å². The minimum Gasteiger partial charge on any atom is -0.396 e. The van der Waals surface area contributed by atoms with Gasteiger partial charge in [0.25, 0.3) is 0 Å². The van der Waals surface area contributed by atoms with E-state index in [1.54, 1.807) is 0 Å². The molecule has 0 saturated heterocycles. The Morgan fingerprint density at radius 2 is 2.56 bits per heavy atom. The van der Waals surface area contributed by atoms with Crippen LogP contribution in [0.5, 0.6) is 0 Å². The summed E-state index contributed by atoms with van der Waals surface area (Å²) in [6, 6.07) is 0. The lowest BCUT2D eigenvalue weighted by Gasteiger charge is -1.98. The molecule has 0 bridgehead atoms. The predicted molar refractivity (Wildman–Crippen MR) is 45.5 cm³/mol. The molecule has 52 valence electrons. The third-order valence-corrected chi connectivity index (χ3v) is 1.78. The van der Waals surface area contributed by atoms with E-state index in [0.29, 0.717) is 10.1 Å². The molecule has 9 heavy (non-hydrogen) atoms. The standard InChI is InChI=1S/C5H9NOS2/c1-2-6-5(8)9-4-3-7/h2,7H,1,3-4H2,(H,6,8). The minimum absolute atomic E-state index is 0.156. The van der Waals surface area contributed by atoms with Gasteiger partial charge in [-0.3, -0.25) is 0 Å². The molecule has 0 aromatic carbocycles. The number of rotatable bonds is 3. The van der Waals surface area contributed by atoms with E-state index in [0.717, 1.165) is 0 Å². The Kier molecular flexibility index (Phi) is 6.03. The van der Waals surface area contributed by atoms with Gasteiger partial charge in [0.1, 0.15) is 4.32 Å². The van der Waals surface area contributed by atoms with Crippen LogP contribution in [0.2, 0.25) is 0 Å². The van der Waals surface area contributed by atoms with E-state index in [2.05, 4.69) is 11.9 Å². The second kappa shape index (κ2) is 6.07. The highest BCUT2D eigenvalue weighted by molar-refractivity contribution is 8.22. The number of nitrogens with one attached hydrogen (secondary N) is 1. The van der Waals surface area contributed by atoms with Crippen LogP contribution in [0.25, 0.3) is 0 Å². The summed E-state index contributed by atoms with van der Waals surface area (Å²) in [6.45, 7) is 3.59. The van der Waals surface area contributed by atoms with Gasteiger partial charge in [-0.1, -0.05) is 30.6 Å². The monoisotopic (exact) mass is 163 g/mol. The summed E-state index contributed by atoms with van der Waals surface area (Å²) in [5.74, 6) is 0.639. The van der Waals surface area contributed by atoms with Crippen LogP contribution < -0.4 is 5.32 Å². The fraction of sp³-hybridized carbons (Fsp3) is 0.400. The molecule has 0 spiro atoms. The molecule has 0 rings (SSSR count). The van der Waals surface area contributed by atoms with Gasteiger partial charge in [-0.2, -0.15) is 0 Å². The van der Waals surface area contributed by atoms with Crippen LogP contribution in [0, 0.1) is 0 Å². The van der Waals surface area contributed by atoms with Crippen molar-refractivity contribution in [2.75, 3.05) is 12.4 Å². The summed E-state index contributed by atoms with van der Waals surface area (Å²) >= 11 is 6.19. The van der Waals surface area contributed by atoms with Gasteiger partial charge in [-0.05, 0) is 6.20 Å². The Hall–Kier alpha value is -0.0600. The second-order valence-electron chi connectivity index (χ2n) is 1.21.